The molecule has 0 radical (unpaired) electrons. The summed E-state index contributed by atoms with van der Waals surface area (Å²) in [6.45, 7) is 3.65. The highest BCUT2D eigenvalue weighted by Gasteiger charge is 2.19. The van der Waals surface area contributed by atoms with Crippen LogP contribution in [0.25, 0.3) is 11.6 Å². The number of nitrogens with two attached hydrogens (primary N) is 1. The van der Waals surface area contributed by atoms with E-state index in [1.807, 2.05) is 0 Å². The lowest BCUT2D eigenvalue weighted by Crippen LogP contribution is -2.14. The minimum absolute atomic E-state index is 0.0633. The van der Waals surface area contributed by atoms with Crippen molar-refractivity contribution in [2.24, 2.45) is 0 Å². The molecular weight excluding hydrogens is 246 g/mol. The smallest absolute Gasteiger partial charge is 0.343 e. The van der Waals surface area contributed by atoms with Gasteiger partial charge in [0.15, 0.2) is 11.6 Å². The summed E-state index contributed by atoms with van der Waals surface area (Å²) in [5.41, 5.74) is 6.40. The molecule has 0 saturated heterocycles. The molecule has 0 bridgehead atoms. The van der Waals surface area contributed by atoms with E-state index in [0.29, 0.717) is 11.5 Å². The highest BCUT2D eigenvalue weighted by atomic mass is 16.5. The van der Waals surface area contributed by atoms with Crippen LogP contribution in [0.1, 0.15) is 23.0 Å². The maximum atomic E-state index is 11.7. The van der Waals surface area contributed by atoms with Gasteiger partial charge in [-0.15, -0.1) is 0 Å². The Morgan fingerprint density at radius 3 is 2.53 bits per heavy atom. The lowest BCUT2D eigenvalue weighted by Gasteiger charge is -2.08. The number of hydrogen-bond acceptors (Lipinski definition) is 7. The third-order valence-electron chi connectivity index (χ3n) is 2.36. The zero-order chi connectivity index (χ0) is 13.8. The largest absolute Gasteiger partial charge is 0.462 e. The number of aromatic nitrogens is 4. The van der Waals surface area contributed by atoms with Crippen LogP contribution in [0.4, 0.5) is 5.82 Å². The molecule has 0 unspecified atom stereocenters. The van der Waals surface area contributed by atoms with Crippen LogP contribution >= 0.6 is 0 Å². The molecule has 0 aliphatic rings. The number of nitrogens with zero attached hydrogens (tertiary/aromatic N) is 4. The summed E-state index contributed by atoms with van der Waals surface area (Å²) < 4.78 is 4.90. The maximum absolute atomic E-state index is 11.7. The average molecular weight is 259 g/mol. The zero-order valence-corrected chi connectivity index (χ0v) is 10.6. The Kier molecular flexibility index (Phi) is 3.65. The van der Waals surface area contributed by atoms with Crippen molar-refractivity contribution in [3.63, 3.8) is 0 Å². The van der Waals surface area contributed by atoms with Gasteiger partial charge in [-0.05, 0) is 19.9 Å². The standard InChI is InChI=1S/C12H13N5O2/c1-3-19-12(18)8-7(2)16-11(17-9(8)13)10-14-5-4-6-15-10/h4-6H,3H2,1-2H3,(H2,13,16,17). The number of ether oxygens (including phenoxy) is 1. The Labute approximate surface area is 109 Å². The highest BCUT2D eigenvalue weighted by molar-refractivity contribution is 5.95. The number of anilines is 1. The van der Waals surface area contributed by atoms with Crippen LogP contribution in [0.3, 0.4) is 0 Å². The lowest BCUT2D eigenvalue weighted by atomic mass is 10.2. The topological polar surface area (TPSA) is 104 Å². The molecule has 2 heterocycles. The number of carbonyl (C=O) groups excluding carboxylic acids is 1. The molecule has 0 atom stereocenters. The summed E-state index contributed by atoms with van der Waals surface area (Å²) in [6, 6.07) is 1.69. The van der Waals surface area contributed by atoms with E-state index in [-0.39, 0.29) is 23.8 Å². The molecule has 7 nitrogen and oxygen atoms in total. The monoisotopic (exact) mass is 259 g/mol. The van der Waals surface area contributed by atoms with Crippen molar-refractivity contribution in [1.29, 1.82) is 0 Å². The minimum atomic E-state index is -0.530. The first-order valence-electron chi connectivity index (χ1n) is 5.72. The Bertz CT molecular complexity index is 577. The van der Waals surface area contributed by atoms with Crippen LogP contribution in [-0.4, -0.2) is 32.5 Å². The number of hydrogen-bond donors (Lipinski definition) is 1. The first-order valence-corrected chi connectivity index (χ1v) is 5.72. The van der Waals surface area contributed by atoms with Crippen LogP contribution in [0.2, 0.25) is 0 Å². The molecule has 0 aromatic carbocycles. The van der Waals surface area contributed by atoms with Gasteiger partial charge in [0, 0.05) is 12.4 Å². The molecule has 0 saturated carbocycles. The van der Waals surface area contributed by atoms with Gasteiger partial charge in [-0.3, -0.25) is 0 Å². The Morgan fingerprint density at radius 1 is 1.26 bits per heavy atom. The zero-order valence-electron chi connectivity index (χ0n) is 10.6. The Hall–Kier alpha value is -2.57. The summed E-state index contributed by atoms with van der Waals surface area (Å²) in [7, 11) is 0. The third-order valence-corrected chi connectivity index (χ3v) is 2.36. The molecule has 0 aliphatic heterocycles. The normalized spacial score (nSPS) is 10.2. The first-order chi connectivity index (χ1) is 9.13. The fourth-order valence-electron chi connectivity index (χ4n) is 1.57. The quantitative estimate of drug-likeness (QED) is 0.820. The molecule has 0 fully saturated rings. The van der Waals surface area contributed by atoms with E-state index >= 15 is 0 Å². The molecule has 2 N–H and O–H groups in total. The molecule has 2 aromatic heterocycles. The predicted octanol–water partition coefficient (Wildman–Crippen LogP) is 1.00. The van der Waals surface area contributed by atoms with E-state index in [1.165, 1.54) is 0 Å². The van der Waals surface area contributed by atoms with Crippen molar-refractivity contribution in [2.75, 3.05) is 12.3 Å². The Morgan fingerprint density at radius 2 is 1.95 bits per heavy atom. The van der Waals surface area contributed by atoms with Gasteiger partial charge in [0.2, 0.25) is 0 Å². The summed E-state index contributed by atoms with van der Waals surface area (Å²) in [4.78, 5) is 28.0. The molecule has 98 valence electrons. The second-order valence-electron chi connectivity index (χ2n) is 3.69. The molecule has 0 amide bonds. The van der Waals surface area contributed by atoms with Crippen molar-refractivity contribution in [3.8, 4) is 11.6 Å². The first kappa shape index (κ1) is 12.9. The maximum Gasteiger partial charge on any atom is 0.343 e. The van der Waals surface area contributed by atoms with Gasteiger partial charge in [0.1, 0.15) is 11.4 Å². The summed E-state index contributed by atoms with van der Waals surface area (Å²) >= 11 is 0. The van der Waals surface area contributed by atoms with Crippen LogP contribution in [-0.2, 0) is 4.74 Å². The van der Waals surface area contributed by atoms with Gasteiger partial charge in [-0.2, -0.15) is 0 Å². The van der Waals surface area contributed by atoms with Gasteiger partial charge in [-0.25, -0.2) is 24.7 Å². The van der Waals surface area contributed by atoms with E-state index in [1.54, 1.807) is 32.3 Å². The van der Waals surface area contributed by atoms with Crippen LogP contribution in [0.5, 0.6) is 0 Å². The van der Waals surface area contributed by atoms with Gasteiger partial charge in [0.25, 0.3) is 0 Å². The average Bonchev–Trinajstić information content (AvgIpc) is 2.39. The van der Waals surface area contributed by atoms with Crippen molar-refractivity contribution < 1.29 is 9.53 Å². The van der Waals surface area contributed by atoms with Gasteiger partial charge in [0.05, 0.1) is 12.3 Å². The number of nitrogen functional groups attached to an aromatic ring is 1. The van der Waals surface area contributed by atoms with Gasteiger partial charge in [-0.1, -0.05) is 0 Å². The summed E-state index contributed by atoms with van der Waals surface area (Å²) in [6.07, 6.45) is 3.16. The van der Waals surface area contributed by atoms with E-state index in [0.717, 1.165) is 0 Å². The second kappa shape index (κ2) is 5.38. The van der Waals surface area contributed by atoms with E-state index in [4.69, 9.17) is 10.5 Å². The summed E-state index contributed by atoms with van der Waals surface area (Å²) in [5, 5.41) is 0. The van der Waals surface area contributed by atoms with Crippen molar-refractivity contribution in [1.82, 2.24) is 19.9 Å². The molecule has 2 aromatic rings. The molecule has 2 rings (SSSR count). The lowest BCUT2D eigenvalue weighted by molar-refractivity contribution is 0.0526. The van der Waals surface area contributed by atoms with E-state index < -0.39 is 5.97 Å². The number of aryl methyl sites for hydroxylation is 1. The third kappa shape index (κ3) is 2.65. The molecular formula is C12H13N5O2. The van der Waals surface area contributed by atoms with Crippen LogP contribution in [0, 0.1) is 6.92 Å². The minimum Gasteiger partial charge on any atom is -0.462 e. The van der Waals surface area contributed by atoms with Gasteiger partial charge >= 0.3 is 5.97 Å². The summed E-state index contributed by atoms with van der Waals surface area (Å²) in [5.74, 6) is 0.169. The van der Waals surface area contributed by atoms with Crippen LogP contribution < -0.4 is 5.73 Å². The number of carbonyl (C=O) groups is 1. The van der Waals surface area contributed by atoms with Crippen LogP contribution in [0.15, 0.2) is 18.5 Å². The van der Waals surface area contributed by atoms with Crippen molar-refractivity contribution >= 4 is 11.8 Å². The highest BCUT2D eigenvalue weighted by Crippen LogP contribution is 2.18. The van der Waals surface area contributed by atoms with Crippen molar-refractivity contribution in [2.45, 2.75) is 13.8 Å². The SMILES string of the molecule is CCOC(=O)c1c(C)nc(-c2ncccn2)nc1N. The Balaban J connectivity index is 2.45. The van der Waals surface area contributed by atoms with Crippen molar-refractivity contribution in [3.05, 3.63) is 29.7 Å². The second-order valence-corrected chi connectivity index (χ2v) is 3.69. The predicted molar refractivity (Wildman–Crippen MR) is 68.2 cm³/mol. The molecule has 19 heavy (non-hydrogen) atoms. The van der Waals surface area contributed by atoms with E-state index in [2.05, 4.69) is 19.9 Å². The molecule has 0 spiro atoms. The fraction of sp³-hybridized carbons (Fsp3) is 0.250. The molecule has 7 heteroatoms. The molecule has 0 aliphatic carbocycles. The van der Waals surface area contributed by atoms with Gasteiger partial charge < -0.3 is 10.5 Å². The number of rotatable bonds is 3. The fourth-order valence-corrected chi connectivity index (χ4v) is 1.57. The number of esters is 1. The van der Waals surface area contributed by atoms with E-state index in [9.17, 15) is 4.79 Å².